The maximum Gasteiger partial charge on any atom is 0.128 e. The Kier molecular flexibility index (Phi) is 23.7. The van der Waals surface area contributed by atoms with Crippen LogP contribution in [-0.2, 0) is 12.8 Å². The number of hydrogen-bond acceptors (Lipinski definition) is 4. The molecule has 282 valence electrons. The van der Waals surface area contributed by atoms with Gasteiger partial charge in [0.15, 0.2) is 0 Å². The van der Waals surface area contributed by atoms with E-state index >= 15 is 0 Å². The van der Waals surface area contributed by atoms with E-state index in [-0.39, 0.29) is 0 Å². The van der Waals surface area contributed by atoms with Crippen LogP contribution in [0.5, 0.6) is 11.5 Å². The van der Waals surface area contributed by atoms with E-state index in [4.69, 9.17) is 9.47 Å². The lowest BCUT2D eigenvalue weighted by atomic mass is 10.0. The molecule has 3 rings (SSSR count). The first-order chi connectivity index (χ1) is 24.7. The fraction of sp³-hybridized carbons (Fsp3) is 0.696. The molecule has 4 heteroatoms. The monoisotopic (exact) mass is 723 g/mol. The lowest BCUT2D eigenvalue weighted by Gasteiger charge is -2.17. The van der Waals surface area contributed by atoms with Crippen LogP contribution in [-0.4, -0.2) is 13.2 Å². The maximum absolute atomic E-state index is 6.73. The molecule has 0 N–H and O–H groups in total. The molecular formula is C46H74O2S2. The predicted octanol–water partition coefficient (Wildman–Crippen LogP) is 16.4. The van der Waals surface area contributed by atoms with E-state index < -0.39 is 0 Å². The van der Waals surface area contributed by atoms with Gasteiger partial charge in [-0.1, -0.05) is 156 Å². The first-order valence-corrected chi connectivity index (χ1v) is 23.0. The fourth-order valence-electron chi connectivity index (χ4n) is 6.83. The van der Waals surface area contributed by atoms with Crippen molar-refractivity contribution in [2.24, 2.45) is 0 Å². The van der Waals surface area contributed by atoms with Crippen molar-refractivity contribution in [3.05, 3.63) is 46.2 Å². The van der Waals surface area contributed by atoms with E-state index in [1.165, 1.54) is 186 Å². The number of thiophene rings is 2. The zero-order chi connectivity index (χ0) is 35.5. The van der Waals surface area contributed by atoms with Crippen molar-refractivity contribution < 1.29 is 9.47 Å². The number of rotatable bonds is 32. The minimum Gasteiger partial charge on any atom is -0.493 e. The molecule has 0 aliphatic heterocycles. The summed E-state index contributed by atoms with van der Waals surface area (Å²) in [6.07, 6.45) is 33.8. The normalized spacial score (nSPS) is 11.4. The number of hydrogen-bond donors (Lipinski definition) is 0. The molecule has 1 aromatic carbocycles. The van der Waals surface area contributed by atoms with Crippen molar-refractivity contribution in [1.29, 1.82) is 0 Å². The summed E-state index contributed by atoms with van der Waals surface area (Å²) < 4.78 is 13.5. The largest absolute Gasteiger partial charge is 0.493 e. The van der Waals surface area contributed by atoms with Crippen molar-refractivity contribution >= 4 is 22.7 Å². The molecule has 3 aromatic rings. The third kappa shape index (κ3) is 17.2. The molecule has 0 radical (unpaired) electrons. The Balaban J connectivity index is 1.79. The third-order valence-corrected chi connectivity index (χ3v) is 12.1. The van der Waals surface area contributed by atoms with E-state index in [1.54, 1.807) is 0 Å². The van der Waals surface area contributed by atoms with Crippen molar-refractivity contribution in [1.82, 2.24) is 0 Å². The van der Waals surface area contributed by atoms with Crippen LogP contribution in [0.1, 0.15) is 193 Å². The quantitative estimate of drug-likeness (QED) is 0.0597. The van der Waals surface area contributed by atoms with Gasteiger partial charge in [-0.25, -0.2) is 0 Å². The van der Waals surface area contributed by atoms with Gasteiger partial charge < -0.3 is 9.47 Å². The topological polar surface area (TPSA) is 18.5 Å². The molecule has 0 aliphatic carbocycles. The Hall–Kier alpha value is -1.78. The SMILES string of the molecule is CCCCCCCCCCOc1cc(-c2cc(CCCCCC)cs2)c(OCCCCCCCCCC)cc1-c1cc(CCCCCC)cs1. The second kappa shape index (κ2) is 27.8. The van der Waals surface area contributed by atoms with Crippen LogP contribution in [0.3, 0.4) is 0 Å². The summed E-state index contributed by atoms with van der Waals surface area (Å²) in [6.45, 7) is 10.7. The molecule has 2 nitrogen and oxygen atoms in total. The van der Waals surface area contributed by atoms with Gasteiger partial charge in [0.2, 0.25) is 0 Å². The van der Waals surface area contributed by atoms with Gasteiger partial charge in [0.25, 0.3) is 0 Å². The number of aryl methyl sites for hydroxylation is 2. The zero-order valence-corrected chi connectivity index (χ0v) is 34.5. The van der Waals surface area contributed by atoms with Crippen molar-refractivity contribution in [3.8, 4) is 32.4 Å². The molecule has 0 atom stereocenters. The maximum atomic E-state index is 6.73. The van der Waals surface area contributed by atoms with Crippen molar-refractivity contribution in [2.45, 2.75) is 195 Å². The van der Waals surface area contributed by atoms with Gasteiger partial charge in [-0.15, -0.1) is 22.7 Å². The molecule has 2 heterocycles. The minimum absolute atomic E-state index is 0.780. The van der Waals surface area contributed by atoms with Crippen LogP contribution >= 0.6 is 22.7 Å². The highest BCUT2D eigenvalue weighted by Gasteiger charge is 2.18. The third-order valence-electron chi connectivity index (χ3n) is 10.1. The number of unbranched alkanes of at least 4 members (excludes halogenated alkanes) is 20. The minimum atomic E-state index is 0.780. The first-order valence-electron chi connectivity index (χ1n) is 21.3. The highest BCUT2D eigenvalue weighted by atomic mass is 32.1. The lowest BCUT2D eigenvalue weighted by Crippen LogP contribution is -2.02. The summed E-state index contributed by atoms with van der Waals surface area (Å²) in [7, 11) is 0. The molecule has 0 amide bonds. The molecule has 2 aromatic heterocycles. The zero-order valence-electron chi connectivity index (χ0n) is 32.9. The Bertz CT molecular complexity index is 1140. The van der Waals surface area contributed by atoms with Crippen LogP contribution in [0.4, 0.5) is 0 Å². The molecule has 0 bridgehead atoms. The smallest absolute Gasteiger partial charge is 0.128 e. The molecule has 0 aliphatic rings. The number of ether oxygens (including phenoxy) is 2. The summed E-state index contributed by atoms with van der Waals surface area (Å²) in [6, 6.07) is 9.51. The van der Waals surface area contributed by atoms with Gasteiger partial charge in [0.1, 0.15) is 11.5 Å². The Labute approximate surface area is 317 Å². The van der Waals surface area contributed by atoms with Crippen LogP contribution in [0, 0.1) is 0 Å². The predicted molar refractivity (Wildman–Crippen MR) is 225 cm³/mol. The lowest BCUT2D eigenvalue weighted by molar-refractivity contribution is 0.298. The van der Waals surface area contributed by atoms with Gasteiger partial charge in [-0.3, -0.25) is 0 Å². The van der Waals surface area contributed by atoms with Gasteiger partial charge >= 0.3 is 0 Å². The van der Waals surface area contributed by atoms with Gasteiger partial charge in [-0.05, 0) is 84.7 Å². The molecular weight excluding hydrogens is 649 g/mol. The van der Waals surface area contributed by atoms with E-state index in [0.29, 0.717) is 0 Å². The molecule has 0 saturated heterocycles. The van der Waals surface area contributed by atoms with E-state index in [2.05, 4.69) is 62.7 Å². The van der Waals surface area contributed by atoms with Gasteiger partial charge in [0.05, 0.1) is 13.2 Å². The molecule has 0 fully saturated rings. The van der Waals surface area contributed by atoms with Gasteiger partial charge in [0, 0.05) is 20.9 Å². The molecule has 0 spiro atoms. The molecule has 0 unspecified atom stereocenters. The molecule has 0 saturated carbocycles. The van der Waals surface area contributed by atoms with E-state index in [9.17, 15) is 0 Å². The Morgan fingerprint density at radius 3 is 1.06 bits per heavy atom. The first kappa shape index (κ1) is 42.6. The standard InChI is InChI=1S/C46H74O2S2/c1-5-9-13-17-19-21-23-27-31-47-43-35-42(46-34-40(38-50-46)30-26-16-12-8-4)44(48-32-28-24-22-20-18-14-10-6-2)36-41(43)45-33-39(37-49-45)29-25-15-11-7-3/h33-38H,5-32H2,1-4H3. The summed E-state index contributed by atoms with van der Waals surface area (Å²) in [5.41, 5.74) is 5.35. The van der Waals surface area contributed by atoms with Crippen molar-refractivity contribution in [3.63, 3.8) is 0 Å². The summed E-state index contributed by atoms with van der Waals surface area (Å²) >= 11 is 3.75. The van der Waals surface area contributed by atoms with Crippen molar-refractivity contribution in [2.75, 3.05) is 13.2 Å². The van der Waals surface area contributed by atoms with Crippen LogP contribution in [0.25, 0.3) is 20.9 Å². The Morgan fingerprint density at radius 2 is 0.700 bits per heavy atom. The average Bonchev–Trinajstić information content (AvgIpc) is 3.81. The van der Waals surface area contributed by atoms with E-state index in [0.717, 1.165) is 37.6 Å². The van der Waals surface area contributed by atoms with Crippen LogP contribution in [0.2, 0.25) is 0 Å². The van der Waals surface area contributed by atoms with E-state index in [1.807, 2.05) is 22.7 Å². The summed E-state index contributed by atoms with van der Waals surface area (Å²) in [5.74, 6) is 2.05. The Morgan fingerprint density at radius 1 is 0.380 bits per heavy atom. The summed E-state index contributed by atoms with van der Waals surface area (Å²) in [4.78, 5) is 2.63. The second-order valence-corrected chi connectivity index (χ2v) is 16.6. The second-order valence-electron chi connectivity index (χ2n) is 14.8. The summed E-state index contributed by atoms with van der Waals surface area (Å²) in [5, 5.41) is 4.76. The highest BCUT2D eigenvalue weighted by molar-refractivity contribution is 7.14. The average molecular weight is 723 g/mol. The van der Waals surface area contributed by atoms with Crippen LogP contribution in [0.15, 0.2) is 35.0 Å². The number of benzene rings is 1. The molecule has 50 heavy (non-hydrogen) atoms. The van der Waals surface area contributed by atoms with Gasteiger partial charge in [-0.2, -0.15) is 0 Å². The fourth-order valence-corrected chi connectivity index (χ4v) is 8.77. The highest BCUT2D eigenvalue weighted by Crippen LogP contribution is 2.45. The van der Waals surface area contributed by atoms with Crippen LogP contribution < -0.4 is 9.47 Å².